The Kier molecular flexibility index (Phi) is 4.04. The first-order valence-corrected chi connectivity index (χ1v) is 7.00. The van der Waals surface area contributed by atoms with Crippen molar-refractivity contribution < 1.29 is 4.79 Å². The van der Waals surface area contributed by atoms with E-state index in [-0.39, 0.29) is 17.1 Å². The lowest BCUT2D eigenvalue weighted by molar-refractivity contribution is -0.125. The third kappa shape index (κ3) is 2.71. The number of hydrogen-bond donors (Lipinski definition) is 2. The Bertz CT molecular complexity index is 498. The minimum atomic E-state index is -0.546. The van der Waals surface area contributed by atoms with Gasteiger partial charge in [0.25, 0.3) is 0 Å². The Balaban J connectivity index is 2.25. The van der Waals surface area contributed by atoms with Crippen LogP contribution < -0.4 is 11.1 Å². The Labute approximate surface area is 122 Å². The fourth-order valence-electron chi connectivity index (χ4n) is 2.48. The molecule has 0 aliphatic heterocycles. The zero-order valence-electron chi connectivity index (χ0n) is 11.0. The van der Waals surface area contributed by atoms with E-state index in [1.54, 1.807) is 6.07 Å². The predicted octanol–water partition coefficient (Wildman–Crippen LogP) is 3.15. The maximum Gasteiger partial charge on any atom is 0.231 e. The van der Waals surface area contributed by atoms with Crippen molar-refractivity contribution in [3.8, 4) is 0 Å². The second kappa shape index (κ2) is 5.27. The van der Waals surface area contributed by atoms with Crippen molar-refractivity contribution in [3.63, 3.8) is 0 Å². The van der Waals surface area contributed by atoms with Gasteiger partial charge in [0.15, 0.2) is 5.15 Å². The summed E-state index contributed by atoms with van der Waals surface area (Å²) in [5, 5.41) is 3.36. The van der Waals surface area contributed by atoms with E-state index in [2.05, 4.69) is 10.3 Å². The SMILES string of the molecule is Cc1cc(Cl)nc(Cl)c1NC(=O)C1(C)CCCC1N. The molecule has 1 aliphatic rings. The van der Waals surface area contributed by atoms with Gasteiger partial charge < -0.3 is 11.1 Å². The average Bonchev–Trinajstić information content (AvgIpc) is 2.65. The van der Waals surface area contributed by atoms with Crippen molar-refractivity contribution in [1.82, 2.24) is 4.98 Å². The second-order valence-corrected chi connectivity index (χ2v) is 6.04. The molecule has 6 heteroatoms. The van der Waals surface area contributed by atoms with Gasteiger partial charge in [-0.3, -0.25) is 4.79 Å². The maximum absolute atomic E-state index is 12.4. The zero-order valence-corrected chi connectivity index (χ0v) is 12.5. The number of carbonyl (C=O) groups excluding carboxylic acids is 1. The Morgan fingerprint density at radius 3 is 2.79 bits per heavy atom. The van der Waals surface area contributed by atoms with E-state index < -0.39 is 5.41 Å². The Morgan fingerprint density at radius 2 is 2.26 bits per heavy atom. The standard InChI is InChI=1S/C13H17Cl2N3O/c1-7-6-9(14)17-11(15)10(7)18-12(19)13(2)5-3-4-8(13)16/h6,8H,3-5,16H2,1-2H3,(H,18,19). The minimum Gasteiger partial charge on any atom is -0.327 e. The molecule has 1 aromatic rings. The van der Waals surface area contributed by atoms with Crippen LogP contribution in [-0.2, 0) is 4.79 Å². The van der Waals surface area contributed by atoms with E-state index >= 15 is 0 Å². The number of rotatable bonds is 2. The van der Waals surface area contributed by atoms with Crippen LogP contribution in [0.1, 0.15) is 31.7 Å². The molecule has 104 valence electrons. The fourth-order valence-corrected chi connectivity index (χ4v) is 3.06. The number of anilines is 1. The molecule has 1 fully saturated rings. The summed E-state index contributed by atoms with van der Waals surface area (Å²) < 4.78 is 0. The fraction of sp³-hybridized carbons (Fsp3) is 0.538. The third-order valence-corrected chi connectivity index (χ3v) is 4.40. The molecule has 1 saturated carbocycles. The van der Waals surface area contributed by atoms with Crippen molar-refractivity contribution in [2.24, 2.45) is 11.1 Å². The summed E-state index contributed by atoms with van der Waals surface area (Å²) in [4.78, 5) is 16.4. The highest BCUT2D eigenvalue weighted by Crippen LogP contribution is 2.38. The molecule has 19 heavy (non-hydrogen) atoms. The number of aryl methyl sites for hydroxylation is 1. The molecule has 3 N–H and O–H groups in total. The molecule has 1 heterocycles. The van der Waals surface area contributed by atoms with E-state index in [9.17, 15) is 4.79 Å². The monoisotopic (exact) mass is 301 g/mol. The predicted molar refractivity (Wildman–Crippen MR) is 77.6 cm³/mol. The smallest absolute Gasteiger partial charge is 0.231 e. The van der Waals surface area contributed by atoms with Crippen molar-refractivity contribution in [2.75, 3.05) is 5.32 Å². The van der Waals surface area contributed by atoms with Crippen LogP contribution in [0.5, 0.6) is 0 Å². The van der Waals surface area contributed by atoms with Gasteiger partial charge in [-0.1, -0.05) is 29.6 Å². The van der Waals surface area contributed by atoms with Crippen molar-refractivity contribution in [2.45, 2.75) is 39.2 Å². The first-order chi connectivity index (χ1) is 8.84. The number of halogens is 2. The molecule has 2 atom stereocenters. The van der Waals surface area contributed by atoms with E-state index in [4.69, 9.17) is 28.9 Å². The Morgan fingerprint density at radius 1 is 1.58 bits per heavy atom. The number of nitrogens with one attached hydrogen (secondary N) is 1. The molecule has 1 aliphatic carbocycles. The van der Waals surface area contributed by atoms with Crippen LogP contribution >= 0.6 is 23.2 Å². The Hall–Kier alpha value is -0.840. The number of pyridine rings is 1. The van der Waals surface area contributed by atoms with Gasteiger partial charge in [0.2, 0.25) is 5.91 Å². The summed E-state index contributed by atoms with van der Waals surface area (Å²) in [6.45, 7) is 3.72. The quantitative estimate of drug-likeness (QED) is 0.825. The maximum atomic E-state index is 12.4. The number of nitrogens with zero attached hydrogens (tertiary/aromatic N) is 1. The second-order valence-electron chi connectivity index (χ2n) is 5.30. The molecule has 0 spiro atoms. The van der Waals surface area contributed by atoms with Gasteiger partial charge in [0, 0.05) is 6.04 Å². The summed E-state index contributed by atoms with van der Waals surface area (Å²) in [6, 6.07) is 1.55. The summed E-state index contributed by atoms with van der Waals surface area (Å²) in [6.07, 6.45) is 2.63. The van der Waals surface area contributed by atoms with Gasteiger partial charge in [-0.15, -0.1) is 0 Å². The van der Waals surface area contributed by atoms with E-state index in [0.29, 0.717) is 10.8 Å². The molecule has 2 rings (SSSR count). The molecule has 1 aromatic heterocycles. The van der Waals surface area contributed by atoms with E-state index in [1.807, 2.05) is 13.8 Å². The number of amides is 1. The lowest BCUT2D eigenvalue weighted by Crippen LogP contribution is -2.44. The molecular formula is C13H17Cl2N3O. The summed E-state index contributed by atoms with van der Waals surface area (Å²) in [5.41, 5.74) is 6.79. The van der Waals surface area contributed by atoms with E-state index in [1.165, 1.54) is 0 Å². The van der Waals surface area contributed by atoms with Crippen molar-refractivity contribution in [1.29, 1.82) is 0 Å². The number of carbonyl (C=O) groups is 1. The third-order valence-electron chi connectivity index (χ3n) is 3.93. The van der Waals surface area contributed by atoms with Crippen molar-refractivity contribution >= 4 is 34.8 Å². The average molecular weight is 302 g/mol. The van der Waals surface area contributed by atoms with Crippen LogP contribution in [0.25, 0.3) is 0 Å². The molecule has 0 aromatic carbocycles. The summed E-state index contributed by atoms with van der Waals surface area (Å²) >= 11 is 11.8. The van der Waals surface area contributed by atoms with Crippen LogP contribution in [0.2, 0.25) is 10.3 Å². The highest BCUT2D eigenvalue weighted by molar-refractivity contribution is 6.34. The highest BCUT2D eigenvalue weighted by atomic mass is 35.5. The van der Waals surface area contributed by atoms with E-state index in [0.717, 1.165) is 24.8 Å². The molecule has 0 bridgehead atoms. The summed E-state index contributed by atoms with van der Waals surface area (Å²) in [7, 11) is 0. The van der Waals surface area contributed by atoms with Crippen LogP contribution in [0, 0.1) is 12.3 Å². The van der Waals surface area contributed by atoms with Gasteiger partial charge in [0.05, 0.1) is 11.1 Å². The van der Waals surface area contributed by atoms with Gasteiger partial charge in [-0.05, 0) is 38.3 Å². The molecule has 0 saturated heterocycles. The molecular weight excluding hydrogens is 285 g/mol. The summed E-state index contributed by atoms with van der Waals surface area (Å²) in [5.74, 6) is -0.105. The van der Waals surface area contributed by atoms with Crippen LogP contribution in [0.15, 0.2) is 6.07 Å². The van der Waals surface area contributed by atoms with Gasteiger partial charge in [-0.25, -0.2) is 4.98 Å². The van der Waals surface area contributed by atoms with Gasteiger partial charge in [-0.2, -0.15) is 0 Å². The van der Waals surface area contributed by atoms with Gasteiger partial charge >= 0.3 is 0 Å². The zero-order chi connectivity index (χ0) is 14.2. The number of hydrogen-bond acceptors (Lipinski definition) is 3. The highest BCUT2D eigenvalue weighted by Gasteiger charge is 2.43. The normalized spacial score (nSPS) is 26.5. The lowest BCUT2D eigenvalue weighted by atomic mass is 9.84. The largest absolute Gasteiger partial charge is 0.327 e. The number of nitrogens with two attached hydrogens (primary N) is 1. The van der Waals surface area contributed by atoms with Crippen LogP contribution in [-0.4, -0.2) is 16.9 Å². The minimum absolute atomic E-state index is 0.105. The van der Waals surface area contributed by atoms with Crippen LogP contribution in [0.3, 0.4) is 0 Å². The number of aromatic nitrogens is 1. The molecule has 1 amide bonds. The topological polar surface area (TPSA) is 68.0 Å². The molecule has 0 radical (unpaired) electrons. The van der Waals surface area contributed by atoms with Crippen LogP contribution in [0.4, 0.5) is 5.69 Å². The molecule has 2 unspecified atom stereocenters. The van der Waals surface area contributed by atoms with Crippen molar-refractivity contribution in [3.05, 3.63) is 21.9 Å². The van der Waals surface area contributed by atoms with Gasteiger partial charge in [0.1, 0.15) is 5.15 Å². The lowest BCUT2D eigenvalue weighted by Gasteiger charge is -2.28. The molecule has 4 nitrogen and oxygen atoms in total. The first kappa shape index (κ1) is 14.6. The first-order valence-electron chi connectivity index (χ1n) is 6.24.